The minimum atomic E-state index is -0.159. The van der Waals surface area contributed by atoms with E-state index in [2.05, 4.69) is 19.2 Å². The van der Waals surface area contributed by atoms with Gasteiger partial charge in [-0.1, -0.05) is 19.9 Å². The second-order valence-corrected chi connectivity index (χ2v) is 3.88. The molecule has 2 unspecified atom stereocenters. The van der Waals surface area contributed by atoms with Crippen LogP contribution in [0.5, 0.6) is 0 Å². The van der Waals surface area contributed by atoms with Crippen molar-refractivity contribution in [1.82, 2.24) is 0 Å². The highest BCUT2D eigenvalue weighted by Gasteiger charge is 2.22. The molecule has 0 saturated heterocycles. The number of nitrogens with one attached hydrogen (secondary N) is 1. The molecule has 0 radical (unpaired) electrons. The second kappa shape index (κ2) is 3.02. The summed E-state index contributed by atoms with van der Waals surface area (Å²) in [6.45, 7) is 5.35. The van der Waals surface area contributed by atoms with Gasteiger partial charge in [-0.15, -0.1) is 0 Å². The van der Waals surface area contributed by atoms with Crippen LogP contribution in [0, 0.1) is 11.7 Å². The van der Waals surface area contributed by atoms with Gasteiger partial charge in [-0.05, 0) is 29.5 Å². The van der Waals surface area contributed by atoms with E-state index in [1.165, 1.54) is 11.6 Å². The smallest absolute Gasteiger partial charge is 0.125 e. The molecule has 1 aromatic rings. The molecule has 0 fully saturated rings. The molecule has 0 amide bonds. The molecular formula is C11H14FN. The highest BCUT2D eigenvalue weighted by Crippen LogP contribution is 2.34. The Bertz CT molecular complexity index is 322. The monoisotopic (exact) mass is 179 g/mol. The zero-order chi connectivity index (χ0) is 9.42. The molecule has 0 spiro atoms. The number of halogens is 1. The molecule has 1 nitrogen and oxygen atoms in total. The Balaban J connectivity index is 2.44. The molecular weight excluding hydrogens is 165 g/mol. The number of fused-ring (bicyclic) bond motifs is 1. The van der Waals surface area contributed by atoms with Crippen molar-refractivity contribution in [2.24, 2.45) is 5.92 Å². The van der Waals surface area contributed by atoms with Gasteiger partial charge in [-0.25, -0.2) is 4.39 Å². The maximum Gasteiger partial charge on any atom is 0.125 e. The van der Waals surface area contributed by atoms with Gasteiger partial charge in [0.05, 0.1) is 0 Å². The van der Waals surface area contributed by atoms with Crippen LogP contribution in [0.4, 0.5) is 10.1 Å². The lowest BCUT2D eigenvalue weighted by molar-refractivity contribution is 0.495. The Morgan fingerprint density at radius 1 is 1.38 bits per heavy atom. The quantitative estimate of drug-likeness (QED) is 0.645. The van der Waals surface area contributed by atoms with E-state index in [9.17, 15) is 4.39 Å². The topological polar surface area (TPSA) is 12.0 Å². The maximum atomic E-state index is 12.9. The average molecular weight is 179 g/mol. The minimum Gasteiger partial charge on any atom is -0.384 e. The second-order valence-electron chi connectivity index (χ2n) is 3.88. The number of rotatable bonds is 0. The van der Waals surface area contributed by atoms with Crippen LogP contribution in [-0.2, 0) is 0 Å². The van der Waals surface area contributed by atoms with Gasteiger partial charge < -0.3 is 5.32 Å². The van der Waals surface area contributed by atoms with Gasteiger partial charge in [0.2, 0.25) is 0 Å². The largest absolute Gasteiger partial charge is 0.384 e. The van der Waals surface area contributed by atoms with Crippen LogP contribution >= 0.6 is 0 Å². The molecule has 0 aromatic heterocycles. The third-order valence-corrected chi connectivity index (χ3v) is 2.97. The first-order valence-electron chi connectivity index (χ1n) is 4.72. The number of hydrogen-bond acceptors (Lipinski definition) is 1. The first-order chi connectivity index (χ1) is 6.18. The summed E-state index contributed by atoms with van der Waals surface area (Å²) >= 11 is 0. The average Bonchev–Trinajstić information content (AvgIpc) is 2.12. The van der Waals surface area contributed by atoms with Gasteiger partial charge >= 0.3 is 0 Å². The van der Waals surface area contributed by atoms with Crippen molar-refractivity contribution in [1.29, 1.82) is 0 Å². The van der Waals surface area contributed by atoms with Crippen LogP contribution in [0.2, 0.25) is 0 Å². The molecule has 2 heteroatoms. The standard InChI is InChI=1S/C11H14FN/c1-7-6-13-11-5-9(12)3-4-10(11)8(7)2/h3-5,7-8,13H,6H2,1-2H3. The van der Waals surface area contributed by atoms with Crippen molar-refractivity contribution in [3.8, 4) is 0 Å². The van der Waals surface area contributed by atoms with Crippen molar-refractivity contribution >= 4 is 5.69 Å². The van der Waals surface area contributed by atoms with Crippen LogP contribution in [0.1, 0.15) is 25.3 Å². The SMILES string of the molecule is CC1CNc2cc(F)ccc2C1C. The van der Waals surface area contributed by atoms with Gasteiger partial charge in [-0.2, -0.15) is 0 Å². The molecule has 1 heterocycles. The fourth-order valence-electron chi connectivity index (χ4n) is 1.83. The Labute approximate surface area is 78.0 Å². The predicted octanol–water partition coefficient (Wildman–Crippen LogP) is 2.99. The molecule has 1 aromatic carbocycles. The van der Waals surface area contributed by atoms with Crippen molar-refractivity contribution in [2.75, 3.05) is 11.9 Å². The van der Waals surface area contributed by atoms with Gasteiger partial charge in [0.1, 0.15) is 5.82 Å². The van der Waals surface area contributed by atoms with Crippen LogP contribution < -0.4 is 5.32 Å². The summed E-state index contributed by atoms with van der Waals surface area (Å²) in [5.41, 5.74) is 2.20. The Morgan fingerprint density at radius 2 is 2.15 bits per heavy atom. The van der Waals surface area contributed by atoms with E-state index in [0.29, 0.717) is 11.8 Å². The van der Waals surface area contributed by atoms with Gasteiger partial charge in [0, 0.05) is 12.2 Å². The Morgan fingerprint density at radius 3 is 2.92 bits per heavy atom. The zero-order valence-corrected chi connectivity index (χ0v) is 7.97. The summed E-state index contributed by atoms with van der Waals surface area (Å²) in [4.78, 5) is 0. The molecule has 13 heavy (non-hydrogen) atoms. The Kier molecular flexibility index (Phi) is 1.98. The zero-order valence-electron chi connectivity index (χ0n) is 7.97. The molecule has 2 rings (SSSR count). The third kappa shape index (κ3) is 1.41. The summed E-state index contributed by atoms with van der Waals surface area (Å²) in [6.07, 6.45) is 0. The lowest BCUT2D eigenvalue weighted by atomic mass is 9.85. The minimum absolute atomic E-state index is 0.159. The highest BCUT2D eigenvalue weighted by molar-refractivity contribution is 5.55. The third-order valence-electron chi connectivity index (χ3n) is 2.97. The van der Waals surface area contributed by atoms with Crippen LogP contribution in [0.25, 0.3) is 0 Å². The van der Waals surface area contributed by atoms with E-state index < -0.39 is 0 Å². The number of anilines is 1. The van der Waals surface area contributed by atoms with Gasteiger partial charge in [0.15, 0.2) is 0 Å². The molecule has 0 aliphatic carbocycles. The first kappa shape index (κ1) is 8.54. The van der Waals surface area contributed by atoms with E-state index in [-0.39, 0.29) is 5.82 Å². The molecule has 1 N–H and O–H groups in total. The summed E-state index contributed by atoms with van der Waals surface area (Å²) in [6, 6.07) is 5.00. The predicted molar refractivity (Wildman–Crippen MR) is 52.5 cm³/mol. The lowest BCUT2D eigenvalue weighted by Gasteiger charge is -2.29. The van der Waals surface area contributed by atoms with Crippen molar-refractivity contribution < 1.29 is 4.39 Å². The molecule has 70 valence electrons. The molecule has 2 atom stereocenters. The molecule has 0 saturated carbocycles. The fourth-order valence-corrected chi connectivity index (χ4v) is 1.83. The molecule has 1 aliphatic heterocycles. The fraction of sp³-hybridized carbons (Fsp3) is 0.455. The normalized spacial score (nSPS) is 26.4. The van der Waals surface area contributed by atoms with E-state index in [4.69, 9.17) is 0 Å². The van der Waals surface area contributed by atoms with Crippen molar-refractivity contribution in [3.05, 3.63) is 29.6 Å². The maximum absolute atomic E-state index is 12.9. The van der Waals surface area contributed by atoms with E-state index >= 15 is 0 Å². The lowest BCUT2D eigenvalue weighted by Crippen LogP contribution is -2.23. The molecule has 0 bridgehead atoms. The van der Waals surface area contributed by atoms with E-state index in [0.717, 1.165) is 12.2 Å². The Hall–Kier alpha value is -1.05. The highest BCUT2D eigenvalue weighted by atomic mass is 19.1. The van der Waals surface area contributed by atoms with Crippen molar-refractivity contribution in [2.45, 2.75) is 19.8 Å². The number of benzene rings is 1. The van der Waals surface area contributed by atoms with E-state index in [1.807, 2.05) is 6.07 Å². The van der Waals surface area contributed by atoms with Crippen LogP contribution in [0.15, 0.2) is 18.2 Å². The van der Waals surface area contributed by atoms with Gasteiger partial charge in [0.25, 0.3) is 0 Å². The summed E-state index contributed by atoms with van der Waals surface area (Å²) in [5, 5.41) is 3.24. The summed E-state index contributed by atoms with van der Waals surface area (Å²) < 4.78 is 12.9. The number of hydrogen-bond donors (Lipinski definition) is 1. The van der Waals surface area contributed by atoms with Crippen LogP contribution in [0.3, 0.4) is 0 Å². The van der Waals surface area contributed by atoms with E-state index in [1.54, 1.807) is 6.07 Å². The van der Waals surface area contributed by atoms with Gasteiger partial charge in [-0.3, -0.25) is 0 Å². The van der Waals surface area contributed by atoms with Crippen molar-refractivity contribution in [3.63, 3.8) is 0 Å². The summed E-state index contributed by atoms with van der Waals surface area (Å²) in [5.74, 6) is 0.989. The first-order valence-corrected chi connectivity index (χ1v) is 4.72. The summed E-state index contributed by atoms with van der Waals surface area (Å²) in [7, 11) is 0. The van der Waals surface area contributed by atoms with Crippen LogP contribution in [-0.4, -0.2) is 6.54 Å². The molecule has 1 aliphatic rings.